The zero-order valence-electron chi connectivity index (χ0n) is 34.8. The third-order valence-electron chi connectivity index (χ3n) is 10.7. The second-order valence-electron chi connectivity index (χ2n) is 15.2. The van der Waals surface area contributed by atoms with Crippen molar-refractivity contribution < 1.29 is 47.1 Å². The van der Waals surface area contributed by atoms with E-state index in [0.29, 0.717) is 47.0 Å². The van der Waals surface area contributed by atoms with Crippen LogP contribution in [-0.4, -0.2) is 96.4 Å². The summed E-state index contributed by atoms with van der Waals surface area (Å²) in [5, 5.41) is 5.70. The van der Waals surface area contributed by atoms with Crippen LogP contribution < -0.4 is 37.5 Å². The molecule has 0 bridgehead atoms. The Morgan fingerprint density at radius 1 is 0.714 bits per heavy atom. The van der Waals surface area contributed by atoms with Crippen LogP contribution in [-0.2, 0) is 35.6 Å². The van der Waals surface area contributed by atoms with Crippen molar-refractivity contribution in [3.05, 3.63) is 82.2 Å². The minimum atomic E-state index is -0.905. The minimum absolute atomic E-state index is 0.0197. The molecule has 0 unspecified atom stereocenters. The number of allylic oxidation sites excluding steroid dienone is 2. The smallest absolute Gasteiger partial charge is 0.295 e. The number of amides is 5. The quantitative estimate of drug-likeness (QED) is 0.0976. The number of oxazole rings is 2. The molecule has 6 heterocycles. The predicted molar refractivity (Wildman–Crippen MR) is 223 cm³/mol. The molecule has 0 radical (unpaired) electrons. The fraction of sp³-hybridized carbons (Fsp3) is 0.341. The van der Waals surface area contributed by atoms with Gasteiger partial charge in [-0.2, -0.15) is 0 Å². The molecule has 1 fully saturated rings. The molecule has 8 N–H and O–H groups in total. The van der Waals surface area contributed by atoms with Crippen LogP contribution in [0, 0.1) is 19.3 Å². The van der Waals surface area contributed by atoms with E-state index in [1.54, 1.807) is 35.1 Å². The van der Waals surface area contributed by atoms with Crippen LogP contribution in [0.2, 0.25) is 0 Å². The Hall–Kier alpha value is -7.59. The van der Waals surface area contributed by atoms with Gasteiger partial charge < -0.3 is 43.8 Å². The number of nitrogens with one attached hydrogen (secondary N) is 2. The zero-order chi connectivity index (χ0) is 44.7. The SMILES string of the molecule is CCc1nc(C)oc1C(=O)Nc1nc2cc(C(N)=O)cc3c2n1C/C=C/Cn1c(NC(=O)c2oc(C)nc2CC)nc2cc(C(N)=O)cc(c21)OCC1(CO3)CN(C(=O)CON)C1. The summed E-state index contributed by atoms with van der Waals surface area (Å²) >= 11 is 0. The second kappa shape index (κ2) is 16.7. The predicted octanol–water partition coefficient (Wildman–Crippen LogP) is 2.55. The summed E-state index contributed by atoms with van der Waals surface area (Å²) in [6.45, 7) is 6.88. The van der Waals surface area contributed by atoms with Gasteiger partial charge in [0.2, 0.25) is 35.2 Å². The molecule has 4 aromatic heterocycles. The number of likely N-dealkylation sites (tertiary alicyclic amines) is 1. The van der Waals surface area contributed by atoms with Gasteiger partial charge in [-0.05, 0) is 37.1 Å². The molecule has 0 aliphatic carbocycles. The molecule has 0 atom stereocenters. The van der Waals surface area contributed by atoms with Crippen molar-refractivity contribution >= 4 is 63.5 Å². The summed E-state index contributed by atoms with van der Waals surface area (Å²) in [5.74, 6) is 3.38. The maximum Gasteiger partial charge on any atom is 0.295 e. The summed E-state index contributed by atoms with van der Waals surface area (Å²) in [6, 6.07) is 5.94. The number of nitrogens with zero attached hydrogens (tertiary/aromatic N) is 7. The summed E-state index contributed by atoms with van der Waals surface area (Å²) in [6.07, 6.45) is 4.45. The monoisotopic (exact) mass is 864 g/mol. The van der Waals surface area contributed by atoms with Crippen molar-refractivity contribution in [3.63, 3.8) is 0 Å². The van der Waals surface area contributed by atoms with Gasteiger partial charge >= 0.3 is 0 Å². The number of carbonyl (C=O) groups excluding carboxylic acids is 5. The van der Waals surface area contributed by atoms with E-state index in [9.17, 15) is 24.0 Å². The van der Waals surface area contributed by atoms with Crippen LogP contribution >= 0.6 is 0 Å². The van der Waals surface area contributed by atoms with Gasteiger partial charge in [0.05, 0.1) is 27.8 Å². The zero-order valence-corrected chi connectivity index (χ0v) is 34.8. The lowest BCUT2D eigenvalue weighted by Crippen LogP contribution is -2.64. The number of benzene rings is 2. The normalized spacial score (nSPS) is 15.2. The second-order valence-corrected chi connectivity index (χ2v) is 15.2. The standard InChI is InChI=1S/C41H44N12O10/c1-5-24-33(62-20(3)45-24)37(57)49-39-47-26-11-22(35(42)55)13-28-31(26)52(39)9-7-8-10-53-32-27(48-40(53)50-38(58)34-25(6-2)46-21(4)63-34)12-23(36(43)56)14-29(32)60-19-41(18-59-28)16-51(17-41)30(54)15-61-44/h7-8,11-14H,5-6,9-10,15-19,44H2,1-4H3,(H2,42,55)(H2,43,56)(H,47,49,57)(H,48,50,58)/b8-7+. The van der Waals surface area contributed by atoms with Crippen molar-refractivity contribution in [1.29, 1.82) is 0 Å². The molecule has 22 heteroatoms. The first-order chi connectivity index (χ1) is 30.2. The van der Waals surface area contributed by atoms with Crippen LogP contribution in [0.3, 0.4) is 0 Å². The van der Waals surface area contributed by atoms with Gasteiger partial charge in [0, 0.05) is 51.2 Å². The highest BCUT2D eigenvalue weighted by atomic mass is 16.6. The van der Waals surface area contributed by atoms with Crippen LogP contribution in [0.15, 0.2) is 45.3 Å². The highest BCUT2D eigenvalue weighted by Crippen LogP contribution is 2.38. The molecule has 328 valence electrons. The molecule has 2 aliphatic heterocycles. The Kier molecular flexibility index (Phi) is 11.2. The van der Waals surface area contributed by atoms with E-state index >= 15 is 0 Å². The van der Waals surface area contributed by atoms with Crippen LogP contribution in [0.4, 0.5) is 11.9 Å². The van der Waals surface area contributed by atoms with E-state index in [0.717, 1.165) is 0 Å². The third kappa shape index (κ3) is 8.03. The average Bonchev–Trinajstić information content (AvgIpc) is 4.00. The molecular formula is C41H44N12O10. The van der Waals surface area contributed by atoms with Crippen molar-refractivity contribution in [2.75, 3.05) is 43.5 Å². The lowest BCUT2D eigenvalue weighted by Gasteiger charge is -2.49. The molecular weight excluding hydrogens is 821 g/mol. The average molecular weight is 865 g/mol. The molecule has 0 saturated carbocycles. The highest BCUT2D eigenvalue weighted by Gasteiger charge is 2.47. The first-order valence-corrected chi connectivity index (χ1v) is 19.9. The van der Waals surface area contributed by atoms with Gasteiger partial charge in [0.1, 0.15) is 42.4 Å². The van der Waals surface area contributed by atoms with E-state index in [4.69, 9.17) is 45.6 Å². The summed E-state index contributed by atoms with van der Waals surface area (Å²) < 4.78 is 27.9. The van der Waals surface area contributed by atoms with Crippen molar-refractivity contribution in [3.8, 4) is 11.5 Å². The Balaban J connectivity index is 1.27. The maximum atomic E-state index is 13.8. The summed E-state index contributed by atoms with van der Waals surface area (Å²) in [4.78, 5) is 90.0. The molecule has 6 aromatic rings. The van der Waals surface area contributed by atoms with Gasteiger partial charge in [0.15, 0.2) is 11.8 Å². The lowest BCUT2D eigenvalue weighted by molar-refractivity contribution is -0.153. The molecule has 22 nitrogen and oxygen atoms in total. The van der Waals surface area contributed by atoms with E-state index < -0.39 is 29.0 Å². The van der Waals surface area contributed by atoms with Gasteiger partial charge in [-0.1, -0.05) is 26.0 Å². The number of ether oxygens (including phenoxy) is 2. The molecule has 5 amide bonds. The number of imidazole rings is 2. The molecule has 2 aromatic carbocycles. The largest absolute Gasteiger partial charge is 0.490 e. The molecule has 8 rings (SSSR count). The fourth-order valence-electron chi connectivity index (χ4n) is 7.75. The topological polar surface area (TPSA) is 306 Å². The molecule has 1 spiro atoms. The van der Waals surface area contributed by atoms with Crippen molar-refractivity contribution in [2.24, 2.45) is 22.8 Å². The first-order valence-electron chi connectivity index (χ1n) is 19.9. The Morgan fingerprint density at radius 2 is 1.16 bits per heavy atom. The molecule has 1 saturated heterocycles. The fourth-order valence-corrected chi connectivity index (χ4v) is 7.75. The maximum absolute atomic E-state index is 13.8. The van der Waals surface area contributed by atoms with E-state index in [1.165, 1.54) is 29.2 Å². The van der Waals surface area contributed by atoms with Crippen LogP contribution in [0.1, 0.15) is 78.8 Å². The number of rotatable bonds is 10. The number of nitrogens with two attached hydrogens (primary N) is 3. The van der Waals surface area contributed by atoms with E-state index in [1.807, 2.05) is 13.8 Å². The van der Waals surface area contributed by atoms with Gasteiger partial charge in [0.25, 0.3) is 17.7 Å². The summed E-state index contributed by atoms with van der Waals surface area (Å²) in [7, 11) is 0. The van der Waals surface area contributed by atoms with Gasteiger partial charge in [-0.3, -0.25) is 39.4 Å². The van der Waals surface area contributed by atoms with Crippen LogP contribution in [0.25, 0.3) is 22.1 Å². The van der Waals surface area contributed by atoms with E-state index in [2.05, 4.69) is 25.4 Å². The number of anilines is 2. The number of aryl methyl sites for hydroxylation is 4. The van der Waals surface area contributed by atoms with E-state index in [-0.39, 0.29) is 109 Å². The van der Waals surface area contributed by atoms with Crippen molar-refractivity contribution in [1.82, 2.24) is 34.0 Å². The van der Waals surface area contributed by atoms with Crippen LogP contribution in [0.5, 0.6) is 11.5 Å². The third-order valence-corrected chi connectivity index (χ3v) is 10.7. The number of hydrogen-bond acceptors (Lipinski definition) is 15. The Morgan fingerprint density at radius 3 is 1.56 bits per heavy atom. The number of primary amides is 2. The number of hydrogen-bond donors (Lipinski definition) is 5. The Bertz CT molecular complexity index is 2690. The summed E-state index contributed by atoms with van der Waals surface area (Å²) in [5.41, 5.74) is 13.1. The Labute approximate surface area is 357 Å². The first kappa shape index (κ1) is 42.1. The highest BCUT2D eigenvalue weighted by molar-refractivity contribution is 6.05. The lowest BCUT2D eigenvalue weighted by atomic mass is 9.81. The molecule has 2 aliphatic rings. The van der Waals surface area contributed by atoms with Crippen molar-refractivity contribution in [2.45, 2.75) is 53.6 Å². The van der Waals surface area contributed by atoms with Gasteiger partial charge in [-0.15, -0.1) is 0 Å². The number of aromatic nitrogens is 6. The molecule has 63 heavy (non-hydrogen) atoms. The minimum Gasteiger partial charge on any atom is -0.490 e. The number of carbonyl (C=O) groups is 5. The van der Waals surface area contributed by atoms with Gasteiger partial charge in [-0.25, -0.2) is 25.8 Å².